The molecule has 1 aliphatic rings. The SMILES string of the molecule is CCOC(=O)c1[nH]c(C)c(C)c1OCCCCN1CCC(O)(c2ccccn2)CC1. The highest BCUT2D eigenvalue weighted by Crippen LogP contribution is 2.31. The minimum Gasteiger partial charge on any atom is -0.491 e. The van der Waals surface area contributed by atoms with Gasteiger partial charge in [-0.1, -0.05) is 6.07 Å². The summed E-state index contributed by atoms with van der Waals surface area (Å²) in [5, 5.41) is 10.9. The number of nitrogens with one attached hydrogen (secondary N) is 1. The predicted octanol–water partition coefficient (Wildman–Crippen LogP) is 3.35. The van der Waals surface area contributed by atoms with Gasteiger partial charge in [0.2, 0.25) is 0 Å². The molecule has 0 radical (unpaired) electrons. The molecule has 164 valence electrons. The Labute approximate surface area is 178 Å². The zero-order valence-corrected chi connectivity index (χ0v) is 18.2. The van der Waals surface area contributed by atoms with Crippen molar-refractivity contribution in [3.05, 3.63) is 47.0 Å². The molecule has 0 amide bonds. The van der Waals surface area contributed by atoms with Crippen molar-refractivity contribution in [1.82, 2.24) is 14.9 Å². The number of esters is 1. The molecule has 3 heterocycles. The number of piperidine rings is 1. The summed E-state index contributed by atoms with van der Waals surface area (Å²) in [6.45, 7) is 9.23. The van der Waals surface area contributed by atoms with Crippen molar-refractivity contribution < 1.29 is 19.4 Å². The molecule has 7 nitrogen and oxygen atoms in total. The summed E-state index contributed by atoms with van der Waals surface area (Å²) in [5.74, 6) is 0.224. The molecule has 7 heteroatoms. The van der Waals surface area contributed by atoms with Gasteiger partial charge in [-0.05, 0) is 65.1 Å². The van der Waals surface area contributed by atoms with E-state index in [4.69, 9.17) is 9.47 Å². The van der Waals surface area contributed by atoms with Gasteiger partial charge < -0.3 is 24.5 Å². The lowest BCUT2D eigenvalue weighted by atomic mass is 9.87. The third-order valence-corrected chi connectivity index (χ3v) is 5.86. The number of H-pyrrole nitrogens is 1. The van der Waals surface area contributed by atoms with Gasteiger partial charge in [0.05, 0.1) is 18.9 Å². The fraction of sp³-hybridized carbons (Fsp3) is 0.565. The average molecular weight is 416 g/mol. The third-order valence-electron chi connectivity index (χ3n) is 5.86. The fourth-order valence-corrected chi connectivity index (χ4v) is 3.88. The number of ether oxygens (including phenoxy) is 2. The average Bonchev–Trinajstić information content (AvgIpc) is 3.04. The fourth-order valence-electron chi connectivity index (χ4n) is 3.88. The molecule has 1 aliphatic heterocycles. The minimum atomic E-state index is -0.811. The van der Waals surface area contributed by atoms with Crippen LogP contribution in [0.4, 0.5) is 0 Å². The van der Waals surface area contributed by atoms with E-state index >= 15 is 0 Å². The molecule has 0 aliphatic carbocycles. The number of hydrogen-bond donors (Lipinski definition) is 2. The Morgan fingerprint density at radius 1 is 1.27 bits per heavy atom. The first-order valence-electron chi connectivity index (χ1n) is 10.8. The largest absolute Gasteiger partial charge is 0.491 e. The number of aromatic nitrogens is 2. The number of unbranched alkanes of at least 4 members (excludes halogenated alkanes) is 1. The molecule has 1 fully saturated rings. The molecule has 0 bridgehead atoms. The summed E-state index contributed by atoms with van der Waals surface area (Å²) in [6.07, 6.45) is 5.03. The van der Waals surface area contributed by atoms with Crippen molar-refractivity contribution >= 4 is 5.97 Å². The molecule has 2 aromatic rings. The minimum absolute atomic E-state index is 0.334. The van der Waals surface area contributed by atoms with Crippen molar-refractivity contribution in [3.63, 3.8) is 0 Å². The number of aryl methyl sites for hydroxylation is 1. The lowest BCUT2D eigenvalue weighted by Crippen LogP contribution is -2.43. The number of carbonyl (C=O) groups excluding carboxylic acids is 1. The van der Waals surface area contributed by atoms with Crippen LogP contribution in [0, 0.1) is 13.8 Å². The molecule has 1 saturated heterocycles. The van der Waals surface area contributed by atoms with E-state index in [0.29, 0.717) is 37.5 Å². The Hall–Kier alpha value is -2.38. The van der Waals surface area contributed by atoms with Crippen LogP contribution in [0.1, 0.15) is 60.0 Å². The van der Waals surface area contributed by atoms with Crippen LogP contribution in [0.5, 0.6) is 5.75 Å². The smallest absolute Gasteiger partial charge is 0.358 e. The number of aliphatic hydroxyl groups is 1. The summed E-state index contributed by atoms with van der Waals surface area (Å²) in [4.78, 5) is 21.9. The van der Waals surface area contributed by atoms with Gasteiger partial charge in [0, 0.05) is 30.5 Å². The van der Waals surface area contributed by atoms with Crippen LogP contribution in [0.25, 0.3) is 0 Å². The highest BCUT2D eigenvalue weighted by molar-refractivity contribution is 5.91. The van der Waals surface area contributed by atoms with Gasteiger partial charge in [-0.15, -0.1) is 0 Å². The molecule has 0 aromatic carbocycles. The lowest BCUT2D eigenvalue weighted by molar-refractivity contribution is -0.0296. The number of hydrogen-bond acceptors (Lipinski definition) is 6. The van der Waals surface area contributed by atoms with E-state index < -0.39 is 5.60 Å². The second-order valence-corrected chi connectivity index (χ2v) is 7.94. The summed E-state index contributed by atoms with van der Waals surface area (Å²) in [6, 6.07) is 5.70. The number of likely N-dealkylation sites (tertiary alicyclic amines) is 1. The number of nitrogens with zero attached hydrogens (tertiary/aromatic N) is 2. The molecule has 2 aromatic heterocycles. The van der Waals surface area contributed by atoms with E-state index in [9.17, 15) is 9.90 Å². The van der Waals surface area contributed by atoms with Crippen molar-refractivity contribution in [1.29, 1.82) is 0 Å². The first-order chi connectivity index (χ1) is 14.4. The van der Waals surface area contributed by atoms with Gasteiger partial charge in [0.15, 0.2) is 11.4 Å². The van der Waals surface area contributed by atoms with Crippen molar-refractivity contribution in [3.8, 4) is 5.75 Å². The zero-order valence-electron chi connectivity index (χ0n) is 18.2. The van der Waals surface area contributed by atoms with Crippen LogP contribution in [0.2, 0.25) is 0 Å². The topological polar surface area (TPSA) is 87.7 Å². The number of carbonyl (C=O) groups is 1. The van der Waals surface area contributed by atoms with Crippen molar-refractivity contribution in [2.75, 3.05) is 32.8 Å². The van der Waals surface area contributed by atoms with E-state index in [1.54, 1.807) is 13.1 Å². The first-order valence-corrected chi connectivity index (χ1v) is 10.8. The first kappa shape index (κ1) is 22.3. The molecule has 0 saturated carbocycles. The third kappa shape index (κ3) is 5.21. The van der Waals surface area contributed by atoms with Crippen LogP contribution < -0.4 is 4.74 Å². The van der Waals surface area contributed by atoms with Gasteiger partial charge in [-0.2, -0.15) is 0 Å². The summed E-state index contributed by atoms with van der Waals surface area (Å²) >= 11 is 0. The number of aromatic amines is 1. The molecule has 0 atom stereocenters. The van der Waals surface area contributed by atoms with Gasteiger partial charge in [0.25, 0.3) is 0 Å². The van der Waals surface area contributed by atoms with Crippen LogP contribution in [0.3, 0.4) is 0 Å². The van der Waals surface area contributed by atoms with E-state index in [1.165, 1.54) is 0 Å². The Morgan fingerprint density at radius 2 is 2.03 bits per heavy atom. The lowest BCUT2D eigenvalue weighted by Gasteiger charge is -2.37. The molecular weight excluding hydrogens is 382 g/mol. The summed E-state index contributed by atoms with van der Waals surface area (Å²) in [5.41, 5.74) is 2.22. The van der Waals surface area contributed by atoms with Gasteiger partial charge in [-0.3, -0.25) is 4.98 Å². The highest BCUT2D eigenvalue weighted by Gasteiger charge is 2.34. The van der Waals surface area contributed by atoms with Crippen LogP contribution in [-0.2, 0) is 10.3 Å². The van der Waals surface area contributed by atoms with Gasteiger partial charge in [-0.25, -0.2) is 4.79 Å². The quantitative estimate of drug-likeness (QED) is 0.482. The monoisotopic (exact) mass is 415 g/mol. The second kappa shape index (κ2) is 10.1. The Balaban J connectivity index is 1.41. The number of pyridine rings is 1. The normalized spacial score (nSPS) is 16.4. The summed E-state index contributed by atoms with van der Waals surface area (Å²) in [7, 11) is 0. The van der Waals surface area contributed by atoms with E-state index in [2.05, 4.69) is 14.9 Å². The molecule has 3 rings (SSSR count). The van der Waals surface area contributed by atoms with Crippen LogP contribution in [0.15, 0.2) is 24.4 Å². The van der Waals surface area contributed by atoms with E-state index in [-0.39, 0.29) is 5.97 Å². The highest BCUT2D eigenvalue weighted by atomic mass is 16.5. The molecule has 0 spiro atoms. The summed E-state index contributed by atoms with van der Waals surface area (Å²) < 4.78 is 11.0. The maximum atomic E-state index is 12.1. The maximum Gasteiger partial charge on any atom is 0.358 e. The van der Waals surface area contributed by atoms with E-state index in [1.807, 2.05) is 32.0 Å². The maximum absolute atomic E-state index is 12.1. The Morgan fingerprint density at radius 3 is 2.70 bits per heavy atom. The standard InChI is InChI=1S/C23H33N3O4/c1-4-29-22(27)20-21(17(2)18(3)25-20)30-16-8-7-13-26-14-10-23(28,11-15-26)19-9-5-6-12-24-19/h5-6,9,12,25,28H,4,7-8,10-11,13-16H2,1-3H3. The molecule has 0 unspecified atom stereocenters. The van der Waals surface area contributed by atoms with Crippen molar-refractivity contribution in [2.45, 2.75) is 52.1 Å². The zero-order chi connectivity index (χ0) is 21.6. The number of rotatable bonds is 9. The Kier molecular flexibility index (Phi) is 7.50. The van der Waals surface area contributed by atoms with Gasteiger partial charge in [0.1, 0.15) is 5.60 Å². The van der Waals surface area contributed by atoms with Crippen LogP contribution in [-0.4, -0.2) is 58.8 Å². The molecule has 2 N–H and O–H groups in total. The predicted molar refractivity (Wildman–Crippen MR) is 115 cm³/mol. The van der Waals surface area contributed by atoms with E-state index in [0.717, 1.165) is 49.4 Å². The Bertz CT molecular complexity index is 826. The molecular formula is C23H33N3O4. The van der Waals surface area contributed by atoms with Crippen LogP contribution >= 0.6 is 0 Å². The molecule has 30 heavy (non-hydrogen) atoms. The van der Waals surface area contributed by atoms with Gasteiger partial charge >= 0.3 is 5.97 Å². The van der Waals surface area contributed by atoms with Crippen molar-refractivity contribution in [2.24, 2.45) is 0 Å². The second-order valence-electron chi connectivity index (χ2n) is 7.94.